The minimum Gasteiger partial charge on any atom is -0.491 e. The molecule has 0 aliphatic rings. The summed E-state index contributed by atoms with van der Waals surface area (Å²) in [7, 11) is 3.46. The molecule has 0 saturated heterocycles. The van der Waals surface area contributed by atoms with Crippen molar-refractivity contribution in [3.05, 3.63) is 52.2 Å². The molecule has 0 radical (unpaired) electrons. The Kier molecular flexibility index (Phi) is 7.94. The number of ether oxygens (including phenoxy) is 2. The Morgan fingerprint density at radius 1 is 1.12 bits per heavy atom. The van der Waals surface area contributed by atoms with Crippen LogP contribution in [0.4, 0.5) is 0 Å². The van der Waals surface area contributed by atoms with Crippen LogP contribution in [-0.4, -0.2) is 39.9 Å². The quantitative estimate of drug-likeness (QED) is 0.401. The third-order valence-corrected chi connectivity index (χ3v) is 5.28. The fourth-order valence-corrected chi connectivity index (χ4v) is 3.26. The summed E-state index contributed by atoms with van der Waals surface area (Å²) >= 11 is 1.79. The Bertz CT molecular complexity index is 667. The predicted octanol–water partition coefficient (Wildman–Crippen LogP) is 3.42. The Morgan fingerprint density at radius 3 is 2.50 bits per heavy atom. The highest BCUT2D eigenvalue weighted by molar-refractivity contribution is 7.10. The molecule has 0 aliphatic carbocycles. The monoisotopic (exact) mass is 375 g/mol. The first-order valence-electron chi connectivity index (χ1n) is 8.74. The van der Waals surface area contributed by atoms with Gasteiger partial charge in [0, 0.05) is 37.5 Å². The van der Waals surface area contributed by atoms with Crippen LogP contribution in [0.5, 0.6) is 5.75 Å². The molecular weight excluding hydrogens is 346 g/mol. The van der Waals surface area contributed by atoms with Gasteiger partial charge in [-0.05, 0) is 29.1 Å². The lowest BCUT2D eigenvalue weighted by Gasteiger charge is -2.25. The van der Waals surface area contributed by atoms with E-state index in [1.54, 1.807) is 25.5 Å². The second-order valence-corrected chi connectivity index (χ2v) is 7.57. The van der Waals surface area contributed by atoms with Crippen molar-refractivity contribution in [3.63, 3.8) is 0 Å². The van der Waals surface area contributed by atoms with Gasteiger partial charge in [-0.3, -0.25) is 4.99 Å². The molecule has 0 fully saturated rings. The summed E-state index contributed by atoms with van der Waals surface area (Å²) in [5.74, 6) is 1.65. The van der Waals surface area contributed by atoms with Crippen LogP contribution in [0.1, 0.15) is 24.3 Å². The van der Waals surface area contributed by atoms with Gasteiger partial charge in [-0.1, -0.05) is 32.0 Å². The van der Waals surface area contributed by atoms with Crippen molar-refractivity contribution in [1.29, 1.82) is 0 Å². The van der Waals surface area contributed by atoms with Gasteiger partial charge in [-0.15, -0.1) is 11.3 Å². The molecule has 0 spiro atoms. The van der Waals surface area contributed by atoms with E-state index in [0.717, 1.165) is 18.3 Å². The molecule has 1 heterocycles. The molecule has 6 heteroatoms. The second kappa shape index (κ2) is 10.2. The maximum Gasteiger partial charge on any atom is 0.191 e. The molecule has 2 aromatic rings. The van der Waals surface area contributed by atoms with Gasteiger partial charge in [0.2, 0.25) is 0 Å². The summed E-state index contributed by atoms with van der Waals surface area (Å²) in [6, 6.07) is 12.3. The summed E-state index contributed by atoms with van der Waals surface area (Å²) in [4.78, 5) is 5.68. The number of guanidine groups is 1. The zero-order valence-corrected chi connectivity index (χ0v) is 16.9. The predicted molar refractivity (Wildman–Crippen MR) is 109 cm³/mol. The second-order valence-electron chi connectivity index (χ2n) is 6.63. The molecule has 0 amide bonds. The first-order chi connectivity index (χ1) is 12.5. The van der Waals surface area contributed by atoms with Crippen molar-refractivity contribution >= 4 is 17.3 Å². The van der Waals surface area contributed by atoms with Crippen molar-refractivity contribution in [1.82, 2.24) is 10.6 Å². The van der Waals surface area contributed by atoms with E-state index >= 15 is 0 Å². The van der Waals surface area contributed by atoms with Crippen LogP contribution in [-0.2, 0) is 16.7 Å². The van der Waals surface area contributed by atoms with Crippen LogP contribution in [0.2, 0.25) is 0 Å². The molecule has 1 aromatic heterocycles. The highest BCUT2D eigenvalue weighted by Crippen LogP contribution is 2.26. The average Bonchev–Trinajstić information content (AvgIpc) is 3.19. The van der Waals surface area contributed by atoms with E-state index in [4.69, 9.17) is 9.47 Å². The zero-order chi connectivity index (χ0) is 18.8. The summed E-state index contributed by atoms with van der Waals surface area (Å²) in [6.07, 6.45) is 0. The first kappa shape index (κ1) is 20.3. The minimum atomic E-state index is 0.0625. The summed E-state index contributed by atoms with van der Waals surface area (Å²) < 4.78 is 10.6. The molecule has 0 bridgehead atoms. The van der Waals surface area contributed by atoms with E-state index < -0.39 is 0 Å². The van der Waals surface area contributed by atoms with Crippen molar-refractivity contribution in [2.24, 2.45) is 4.99 Å². The highest BCUT2D eigenvalue weighted by atomic mass is 32.1. The Balaban J connectivity index is 1.79. The van der Waals surface area contributed by atoms with E-state index in [-0.39, 0.29) is 5.41 Å². The zero-order valence-electron chi connectivity index (χ0n) is 16.0. The smallest absolute Gasteiger partial charge is 0.191 e. The van der Waals surface area contributed by atoms with Crippen molar-refractivity contribution in [3.8, 4) is 5.75 Å². The molecule has 26 heavy (non-hydrogen) atoms. The van der Waals surface area contributed by atoms with Crippen LogP contribution in [0.3, 0.4) is 0 Å². The molecule has 0 atom stereocenters. The fourth-order valence-electron chi connectivity index (χ4n) is 2.41. The van der Waals surface area contributed by atoms with Gasteiger partial charge in [-0.25, -0.2) is 0 Å². The number of methoxy groups -OCH3 is 1. The van der Waals surface area contributed by atoms with E-state index in [9.17, 15) is 0 Å². The average molecular weight is 376 g/mol. The van der Waals surface area contributed by atoms with Crippen molar-refractivity contribution < 1.29 is 9.47 Å². The molecule has 2 N–H and O–H groups in total. The molecule has 0 unspecified atom stereocenters. The van der Waals surface area contributed by atoms with Crippen LogP contribution in [0.25, 0.3) is 0 Å². The maximum absolute atomic E-state index is 5.58. The van der Waals surface area contributed by atoms with Crippen LogP contribution >= 0.6 is 11.3 Å². The number of thiophene rings is 1. The molecule has 142 valence electrons. The lowest BCUT2D eigenvalue weighted by Crippen LogP contribution is -2.42. The number of hydrogen-bond acceptors (Lipinski definition) is 4. The normalized spacial score (nSPS) is 12.1. The van der Waals surface area contributed by atoms with E-state index in [0.29, 0.717) is 19.8 Å². The van der Waals surface area contributed by atoms with E-state index in [1.165, 1.54) is 10.4 Å². The van der Waals surface area contributed by atoms with Gasteiger partial charge < -0.3 is 20.1 Å². The molecule has 1 aromatic carbocycles. The third kappa shape index (κ3) is 6.35. The fraction of sp³-hybridized carbons (Fsp3) is 0.450. The Hall–Kier alpha value is -2.05. The van der Waals surface area contributed by atoms with Gasteiger partial charge in [0.25, 0.3) is 0 Å². The number of benzene rings is 1. The lowest BCUT2D eigenvalue weighted by atomic mass is 9.91. The molecule has 0 aliphatic heterocycles. The number of aliphatic imine (C=N–C) groups is 1. The van der Waals surface area contributed by atoms with Crippen LogP contribution in [0.15, 0.2) is 46.8 Å². The van der Waals surface area contributed by atoms with E-state index in [2.05, 4.69) is 59.1 Å². The van der Waals surface area contributed by atoms with Crippen LogP contribution < -0.4 is 15.4 Å². The first-order valence-corrected chi connectivity index (χ1v) is 9.62. The summed E-state index contributed by atoms with van der Waals surface area (Å²) in [5.41, 5.74) is 1.23. The Morgan fingerprint density at radius 2 is 1.88 bits per heavy atom. The largest absolute Gasteiger partial charge is 0.491 e. The third-order valence-electron chi connectivity index (χ3n) is 4.05. The standard InChI is InChI=1S/C20H29N3O2S/c1-20(2,18-6-5-13-26-18)15-23-19(21-3)22-14-16-7-9-17(10-8-16)25-12-11-24-4/h5-10,13H,11-12,14-15H2,1-4H3,(H2,21,22,23). The van der Waals surface area contributed by atoms with Gasteiger partial charge in [-0.2, -0.15) is 0 Å². The molecule has 0 saturated carbocycles. The summed E-state index contributed by atoms with van der Waals surface area (Å²) in [5, 5.41) is 8.90. The highest BCUT2D eigenvalue weighted by Gasteiger charge is 2.21. The molecular formula is C20H29N3O2S. The summed E-state index contributed by atoms with van der Waals surface area (Å²) in [6.45, 7) is 7.15. The Labute approximate surface area is 160 Å². The van der Waals surface area contributed by atoms with Gasteiger partial charge >= 0.3 is 0 Å². The topological polar surface area (TPSA) is 54.9 Å². The van der Waals surface area contributed by atoms with Crippen molar-refractivity contribution in [2.75, 3.05) is 33.9 Å². The van der Waals surface area contributed by atoms with Crippen LogP contribution in [0, 0.1) is 0 Å². The number of hydrogen-bond donors (Lipinski definition) is 2. The number of rotatable bonds is 9. The van der Waals surface area contributed by atoms with Gasteiger partial charge in [0.15, 0.2) is 5.96 Å². The number of nitrogens with one attached hydrogen (secondary N) is 2. The minimum absolute atomic E-state index is 0.0625. The number of nitrogens with zero attached hydrogens (tertiary/aromatic N) is 1. The van der Waals surface area contributed by atoms with Gasteiger partial charge in [0.1, 0.15) is 12.4 Å². The maximum atomic E-state index is 5.58. The van der Waals surface area contributed by atoms with E-state index in [1.807, 2.05) is 12.1 Å². The molecule has 5 nitrogen and oxygen atoms in total. The molecule has 2 rings (SSSR count). The SMILES string of the molecule is CN=C(NCc1ccc(OCCOC)cc1)NCC(C)(C)c1cccs1. The van der Waals surface area contributed by atoms with Crippen molar-refractivity contribution in [2.45, 2.75) is 25.8 Å². The van der Waals surface area contributed by atoms with Gasteiger partial charge in [0.05, 0.1) is 6.61 Å². The lowest BCUT2D eigenvalue weighted by molar-refractivity contribution is 0.146.